The first-order valence-corrected chi connectivity index (χ1v) is 6.20. The first kappa shape index (κ1) is 18.3. The highest BCUT2D eigenvalue weighted by atomic mass is 35.5. The molecule has 1 unspecified atom stereocenters. The fraction of sp³-hybridized carbons (Fsp3) is 0.538. The molecule has 2 rings (SSSR count). The normalized spacial score (nSPS) is 16.2. The molecule has 2 N–H and O–H groups in total. The monoisotopic (exact) mass is 308 g/mol. The lowest BCUT2D eigenvalue weighted by Crippen LogP contribution is -2.40. The van der Waals surface area contributed by atoms with Crippen LogP contribution in [0, 0.1) is 0 Å². The van der Waals surface area contributed by atoms with Gasteiger partial charge in [-0.1, -0.05) is 19.1 Å². The minimum Gasteiger partial charge on any atom is -0.486 e. The zero-order chi connectivity index (χ0) is 11.9. The van der Waals surface area contributed by atoms with Gasteiger partial charge >= 0.3 is 0 Å². The molecule has 0 spiro atoms. The highest BCUT2D eigenvalue weighted by molar-refractivity contribution is 5.85. The number of hydrogen-bond acceptors (Lipinski definition) is 4. The van der Waals surface area contributed by atoms with Crippen molar-refractivity contribution < 1.29 is 9.47 Å². The fourth-order valence-corrected chi connectivity index (χ4v) is 1.78. The molecule has 19 heavy (non-hydrogen) atoms. The lowest BCUT2D eigenvalue weighted by atomic mass is 10.2. The Bertz CT molecular complexity index is 353. The Morgan fingerprint density at radius 1 is 1.11 bits per heavy atom. The standard InChI is InChI=1S/C13H20N2O2.2ClH/c1-2-14-7-8-15-9-11-10-16-12-5-3-4-6-13(12)17-11;;/h3-6,11,14-15H,2,7-10H2,1H3;2*1H. The highest BCUT2D eigenvalue weighted by Gasteiger charge is 2.19. The van der Waals surface area contributed by atoms with Gasteiger partial charge in [-0.05, 0) is 18.7 Å². The molecule has 1 aliphatic heterocycles. The molecule has 0 aromatic heterocycles. The average Bonchev–Trinajstić information content (AvgIpc) is 2.38. The summed E-state index contributed by atoms with van der Waals surface area (Å²) >= 11 is 0. The third-order valence-corrected chi connectivity index (χ3v) is 2.67. The van der Waals surface area contributed by atoms with Crippen molar-refractivity contribution in [1.29, 1.82) is 0 Å². The predicted octanol–water partition coefficient (Wildman–Crippen LogP) is 1.87. The second kappa shape index (κ2) is 10.1. The lowest BCUT2D eigenvalue weighted by molar-refractivity contribution is 0.0906. The quantitative estimate of drug-likeness (QED) is 0.787. The Morgan fingerprint density at radius 3 is 2.53 bits per heavy atom. The largest absolute Gasteiger partial charge is 0.486 e. The Morgan fingerprint density at radius 2 is 1.79 bits per heavy atom. The number of rotatable bonds is 6. The molecule has 0 saturated carbocycles. The van der Waals surface area contributed by atoms with Crippen molar-refractivity contribution in [2.24, 2.45) is 0 Å². The van der Waals surface area contributed by atoms with Crippen LogP contribution in [0.3, 0.4) is 0 Å². The first-order chi connectivity index (χ1) is 8.40. The molecular formula is C13H22Cl2N2O2. The molecule has 1 atom stereocenters. The van der Waals surface area contributed by atoms with Gasteiger partial charge in [-0.15, -0.1) is 24.8 Å². The van der Waals surface area contributed by atoms with E-state index in [0.717, 1.165) is 37.7 Å². The van der Waals surface area contributed by atoms with E-state index in [1.807, 2.05) is 24.3 Å². The Balaban J connectivity index is 0.00000162. The molecule has 0 radical (unpaired) electrons. The van der Waals surface area contributed by atoms with Crippen LogP contribution in [-0.2, 0) is 0 Å². The minimum absolute atomic E-state index is 0. The smallest absolute Gasteiger partial charge is 0.161 e. The molecule has 0 fully saturated rings. The van der Waals surface area contributed by atoms with Crippen LogP contribution >= 0.6 is 24.8 Å². The zero-order valence-corrected chi connectivity index (χ0v) is 12.7. The van der Waals surface area contributed by atoms with Gasteiger partial charge in [0.1, 0.15) is 12.7 Å². The second-order valence-electron chi connectivity index (χ2n) is 4.06. The van der Waals surface area contributed by atoms with Crippen molar-refractivity contribution in [3.63, 3.8) is 0 Å². The van der Waals surface area contributed by atoms with Gasteiger partial charge in [0.2, 0.25) is 0 Å². The number of nitrogens with one attached hydrogen (secondary N) is 2. The molecule has 1 heterocycles. The first-order valence-electron chi connectivity index (χ1n) is 6.20. The molecule has 0 saturated heterocycles. The summed E-state index contributed by atoms with van der Waals surface area (Å²) < 4.78 is 11.5. The summed E-state index contributed by atoms with van der Waals surface area (Å²) in [7, 11) is 0. The summed E-state index contributed by atoms with van der Waals surface area (Å²) in [6.45, 7) is 6.49. The van der Waals surface area contributed by atoms with Crippen LogP contribution in [0.4, 0.5) is 0 Å². The summed E-state index contributed by atoms with van der Waals surface area (Å²) in [5, 5.41) is 6.62. The van der Waals surface area contributed by atoms with Crippen LogP contribution in [-0.4, -0.2) is 38.9 Å². The maximum atomic E-state index is 5.83. The number of ether oxygens (including phenoxy) is 2. The van der Waals surface area contributed by atoms with Crippen molar-refractivity contribution in [2.75, 3.05) is 32.8 Å². The van der Waals surface area contributed by atoms with Gasteiger partial charge < -0.3 is 20.1 Å². The van der Waals surface area contributed by atoms with Crippen molar-refractivity contribution in [3.05, 3.63) is 24.3 Å². The summed E-state index contributed by atoms with van der Waals surface area (Å²) in [5.41, 5.74) is 0. The van der Waals surface area contributed by atoms with Crippen LogP contribution in [0.15, 0.2) is 24.3 Å². The van der Waals surface area contributed by atoms with Crippen LogP contribution in [0.25, 0.3) is 0 Å². The average molecular weight is 309 g/mol. The molecular weight excluding hydrogens is 287 g/mol. The number of likely N-dealkylation sites (N-methyl/N-ethyl adjacent to an activating group) is 1. The SMILES string of the molecule is CCNCCNCC1COc2ccccc2O1.Cl.Cl. The van der Waals surface area contributed by atoms with Gasteiger partial charge in [0, 0.05) is 19.6 Å². The molecule has 0 aliphatic carbocycles. The number of hydrogen-bond donors (Lipinski definition) is 2. The van der Waals surface area contributed by atoms with E-state index < -0.39 is 0 Å². The summed E-state index contributed by atoms with van der Waals surface area (Å²) in [6, 6.07) is 7.80. The van der Waals surface area contributed by atoms with Crippen molar-refractivity contribution in [1.82, 2.24) is 10.6 Å². The van der Waals surface area contributed by atoms with Crippen LogP contribution in [0.2, 0.25) is 0 Å². The molecule has 110 valence electrons. The molecule has 0 bridgehead atoms. The van der Waals surface area contributed by atoms with Crippen molar-refractivity contribution in [2.45, 2.75) is 13.0 Å². The van der Waals surface area contributed by atoms with Gasteiger partial charge in [0.05, 0.1) is 0 Å². The van der Waals surface area contributed by atoms with Gasteiger partial charge in [0.15, 0.2) is 11.5 Å². The van der Waals surface area contributed by atoms with Gasteiger partial charge in [-0.3, -0.25) is 0 Å². The molecule has 1 aliphatic rings. The van der Waals surface area contributed by atoms with Gasteiger partial charge in [-0.2, -0.15) is 0 Å². The second-order valence-corrected chi connectivity index (χ2v) is 4.06. The molecule has 6 heteroatoms. The van der Waals surface area contributed by atoms with E-state index in [4.69, 9.17) is 9.47 Å². The van der Waals surface area contributed by atoms with Gasteiger partial charge in [-0.25, -0.2) is 0 Å². The summed E-state index contributed by atoms with van der Waals surface area (Å²) in [6.07, 6.45) is 0.103. The number of fused-ring (bicyclic) bond motifs is 1. The molecule has 0 amide bonds. The Kier molecular flexibility index (Phi) is 9.79. The van der Waals surface area contributed by atoms with E-state index in [2.05, 4.69) is 17.6 Å². The summed E-state index contributed by atoms with van der Waals surface area (Å²) in [5.74, 6) is 1.69. The topological polar surface area (TPSA) is 42.5 Å². The summed E-state index contributed by atoms with van der Waals surface area (Å²) in [4.78, 5) is 0. The molecule has 1 aromatic rings. The zero-order valence-electron chi connectivity index (χ0n) is 11.1. The maximum Gasteiger partial charge on any atom is 0.161 e. The van der Waals surface area contributed by atoms with Crippen LogP contribution < -0.4 is 20.1 Å². The number of para-hydroxylation sites is 2. The third-order valence-electron chi connectivity index (χ3n) is 2.67. The molecule has 1 aromatic carbocycles. The van der Waals surface area contributed by atoms with Crippen molar-refractivity contribution >= 4 is 24.8 Å². The fourth-order valence-electron chi connectivity index (χ4n) is 1.78. The van der Waals surface area contributed by atoms with E-state index in [9.17, 15) is 0 Å². The van der Waals surface area contributed by atoms with E-state index in [0.29, 0.717) is 6.61 Å². The van der Waals surface area contributed by atoms with E-state index in [-0.39, 0.29) is 30.9 Å². The van der Waals surface area contributed by atoms with Crippen LogP contribution in [0.1, 0.15) is 6.92 Å². The lowest BCUT2D eigenvalue weighted by Gasteiger charge is -2.26. The van der Waals surface area contributed by atoms with E-state index in [1.54, 1.807) is 0 Å². The Labute approximate surface area is 127 Å². The van der Waals surface area contributed by atoms with Crippen molar-refractivity contribution in [3.8, 4) is 11.5 Å². The molecule has 4 nitrogen and oxygen atoms in total. The Hall–Kier alpha value is -0.680. The highest BCUT2D eigenvalue weighted by Crippen LogP contribution is 2.30. The maximum absolute atomic E-state index is 5.83. The minimum atomic E-state index is 0. The number of halogens is 2. The number of benzene rings is 1. The third kappa shape index (κ3) is 5.87. The van der Waals surface area contributed by atoms with Gasteiger partial charge in [0.25, 0.3) is 0 Å². The van der Waals surface area contributed by atoms with E-state index in [1.165, 1.54) is 0 Å². The van der Waals surface area contributed by atoms with E-state index >= 15 is 0 Å². The van der Waals surface area contributed by atoms with Crippen LogP contribution in [0.5, 0.6) is 11.5 Å². The predicted molar refractivity (Wildman–Crippen MR) is 82.3 cm³/mol.